The molecule has 0 spiro atoms. The molecule has 3 N–H and O–H groups in total. The van der Waals surface area contributed by atoms with Crippen molar-refractivity contribution in [2.45, 2.75) is 31.1 Å². The number of aliphatic hydroxyl groups is 2. The topological polar surface area (TPSA) is 122 Å². The van der Waals surface area contributed by atoms with E-state index in [9.17, 15) is 15.0 Å². The van der Waals surface area contributed by atoms with Crippen LogP contribution < -0.4 is 5.56 Å². The van der Waals surface area contributed by atoms with Gasteiger partial charge >= 0.3 is 0 Å². The van der Waals surface area contributed by atoms with Crippen LogP contribution in [0.15, 0.2) is 47.7 Å². The molecule has 1 fully saturated rings. The van der Waals surface area contributed by atoms with Gasteiger partial charge in [-0.2, -0.15) is 5.10 Å². The summed E-state index contributed by atoms with van der Waals surface area (Å²) in [6.07, 6.45) is -1.44. The number of aromatic nitrogens is 4. The number of H-pyrrole nitrogens is 1. The number of benzene rings is 1. The molecule has 1 saturated heterocycles. The lowest BCUT2D eigenvalue weighted by Gasteiger charge is -2.15. The van der Waals surface area contributed by atoms with E-state index >= 15 is 0 Å². The van der Waals surface area contributed by atoms with Gasteiger partial charge in [-0.3, -0.25) is 4.79 Å². The van der Waals surface area contributed by atoms with E-state index in [0.717, 1.165) is 5.56 Å². The summed E-state index contributed by atoms with van der Waals surface area (Å²) in [6, 6.07) is 9.61. The number of nitrogens with zero attached hydrogens (tertiary/aromatic N) is 3. The maximum absolute atomic E-state index is 11.8. The molecule has 0 saturated carbocycles. The second-order valence-corrected chi connectivity index (χ2v) is 6.11. The van der Waals surface area contributed by atoms with Crippen LogP contribution in [0, 0.1) is 0 Å². The number of ether oxygens (including phenoxy) is 2. The predicted octanol–water partition coefficient (Wildman–Crippen LogP) is -0.0444. The van der Waals surface area contributed by atoms with Gasteiger partial charge in [0.15, 0.2) is 11.9 Å². The van der Waals surface area contributed by atoms with Crippen LogP contribution in [0.5, 0.6) is 0 Å². The van der Waals surface area contributed by atoms with Crippen LogP contribution in [0.1, 0.15) is 11.8 Å². The molecule has 1 aliphatic heterocycles. The Hall–Kier alpha value is -2.59. The Labute approximate surface area is 147 Å². The minimum atomic E-state index is -1.22. The summed E-state index contributed by atoms with van der Waals surface area (Å²) in [4.78, 5) is 18.3. The molecule has 9 nitrogen and oxygen atoms in total. The molecule has 4 atom stereocenters. The predicted molar refractivity (Wildman–Crippen MR) is 90.2 cm³/mol. The Kier molecular flexibility index (Phi) is 4.51. The molecular formula is C17H18N4O5. The van der Waals surface area contributed by atoms with E-state index in [2.05, 4.69) is 15.1 Å². The third-order valence-electron chi connectivity index (χ3n) is 4.37. The Balaban J connectivity index is 1.47. The highest BCUT2D eigenvalue weighted by Crippen LogP contribution is 2.30. The van der Waals surface area contributed by atoms with Crippen molar-refractivity contribution in [1.29, 1.82) is 0 Å². The summed E-state index contributed by atoms with van der Waals surface area (Å²) in [5.74, 6) is 0. The molecule has 3 heterocycles. The minimum absolute atomic E-state index is 0.108. The maximum Gasteiger partial charge on any atom is 0.261 e. The van der Waals surface area contributed by atoms with Gasteiger partial charge in [0, 0.05) is 0 Å². The lowest BCUT2D eigenvalue weighted by Crippen LogP contribution is -2.34. The average molecular weight is 358 g/mol. The van der Waals surface area contributed by atoms with E-state index in [1.165, 1.54) is 17.2 Å². The zero-order chi connectivity index (χ0) is 18.1. The molecule has 0 bridgehead atoms. The van der Waals surface area contributed by atoms with Gasteiger partial charge in [0.1, 0.15) is 23.7 Å². The SMILES string of the molecule is O=c1[nH]cnc2c1cnn2[C@@H]1O[C@H](COCc2ccccc2)[C@@H](O)[C@H]1O. The van der Waals surface area contributed by atoms with Crippen molar-refractivity contribution in [3.63, 3.8) is 0 Å². The summed E-state index contributed by atoms with van der Waals surface area (Å²) >= 11 is 0. The smallest absolute Gasteiger partial charge is 0.261 e. The first-order valence-electron chi connectivity index (χ1n) is 8.19. The first kappa shape index (κ1) is 16.9. The standard InChI is InChI=1S/C17H18N4O5/c22-13-12(8-25-7-10-4-2-1-3-5-10)26-17(14(13)23)21-15-11(6-20-21)16(24)19-9-18-15/h1-6,9,12-14,17,22-23H,7-8H2,(H,18,19,24)/t12-,13-,14-,17-/m1/s1. The molecule has 0 radical (unpaired) electrons. The van der Waals surface area contributed by atoms with Crippen molar-refractivity contribution >= 4 is 11.0 Å². The van der Waals surface area contributed by atoms with Crippen LogP contribution in [0.25, 0.3) is 11.0 Å². The molecule has 26 heavy (non-hydrogen) atoms. The van der Waals surface area contributed by atoms with Crippen molar-refractivity contribution in [2.75, 3.05) is 6.61 Å². The molecule has 1 aromatic carbocycles. The molecule has 4 rings (SSSR count). The van der Waals surface area contributed by atoms with E-state index in [-0.39, 0.29) is 23.2 Å². The highest BCUT2D eigenvalue weighted by molar-refractivity contribution is 5.72. The van der Waals surface area contributed by atoms with Crippen molar-refractivity contribution in [3.8, 4) is 0 Å². The highest BCUT2D eigenvalue weighted by Gasteiger charge is 2.44. The molecule has 9 heteroatoms. The normalized spacial score (nSPS) is 25.8. The van der Waals surface area contributed by atoms with Gasteiger partial charge in [-0.25, -0.2) is 9.67 Å². The zero-order valence-electron chi connectivity index (χ0n) is 13.7. The van der Waals surface area contributed by atoms with Gasteiger partial charge < -0.3 is 24.7 Å². The largest absolute Gasteiger partial charge is 0.387 e. The fraction of sp³-hybridized carbons (Fsp3) is 0.353. The minimum Gasteiger partial charge on any atom is -0.387 e. The first-order chi connectivity index (χ1) is 12.6. The maximum atomic E-state index is 11.8. The van der Waals surface area contributed by atoms with Gasteiger partial charge in [0.2, 0.25) is 0 Å². The number of aromatic amines is 1. The van der Waals surface area contributed by atoms with Crippen molar-refractivity contribution in [1.82, 2.24) is 19.7 Å². The second-order valence-electron chi connectivity index (χ2n) is 6.11. The zero-order valence-corrected chi connectivity index (χ0v) is 13.7. The Morgan fingerprint density at radius 2 is 2.04 bits per heavy atom. The first-order valence-corrected chi connectivity index (χ1v) is 8.19. The van der Waals surface area contributed by atoms with Crippen molar-refractivity contribution < 1.29 is 19.7 Å². The number of fused-ring (bicyclic) bond motifs is 1. The van der Waals surface area contributed by atoms with E-state index in [1.54, 1.807) is 0 Å². The fourth-order valence-electron chi connectivity index (χ4n) is 3.00. The summed E-state index contributed by atoms with van der Waals surface area (Å²) < 4.78 is 12.6. The summed E-state index contributed by atoms with van der Waals surface area (Å²) in [7, 11) is 0. The van der Waals surface area contributed by atoms with Crippen LogP contribution >= 0.6 is 0 Å². The van der Waals surface area contributed by atoms with Crippen LogP contribution in [0.4, 0.5) is 0 Å². The van der Waals surface area contributed by atoms with E-state index < -0.39 is 24.5 Å². The van der Waals surface area contributed by atoms with Gasteiger partial charge in [-0.05, 0) is 5.56 Å². The van der Waals surface area contributed by atoms with Gasteiger partial charge in [-0.15, -0.1) is 0 Å². The molecule has 3 aromatic rings. The summed E-state index contributed by atoms with van der Waals surface area (Å²) in [5.41, 5.74) is 0.937. The molecule has 2 aromatic heterocycles. The van der Waals surface area contributed by atoms with Gasteiger partial charge in [0.25, 0.3) is 5.56 Å². The lowest BCUT2D eigenvalue weighted by atomic mass is 10.1. The monoisotopic (exact) mass is 358 g/mol. The van der Waals surface area contributed by atoms with Gasteiger partial charge in [0.05, 0.1) is 25.7 Å². The van der Waals surface area contributed by atoms with Crippen LogP contribution in [-0.4, -0.2) is 54.9 Å². The fourth-order valence-corrected chi connectivity index (χ4v) is 3.00. The van der Waals surface area contributed by atoms with Crippen LogP contribution in [0.3, 0.4) is 0 Å². The van der Waals surface area contributed by atoms with E-state index in [1.807, 2.05) is 30.3 Å². The van der Waals surface area contributed by atoms with E-state index in [0.29, 0.717) is 6.61 Å². The highest BCUT2D eigenvalue weighted by atomic mass is 16.6. The molecule has 1 aliphatic rings. The molecule has 0 amide bonds. The van der Waals surface area contributed by atoms with Crippen LogP contribution in [-0.2, 0) is 16.1 Å². The number of nitrogens with one attached hydrogen (secondary N) is 1. The third-order valence-corrected chi connectivity index (χ3v) is 4.37. The second kappa shape index (κ2) is 6.96. The number of hydrogen-bond acceptors (Lipinski definition) is 7. The average Bonchev–Trinajstić information content (AvgIpc) is 3.20. The Morgan fingerprint density at radius 3 is 2.85 bits per heavy atom. The van der Waals surface area contributed by atoms with Crippen LogP contribution in [0.2, 0.25) is 0 Å². The van der Waals surface area contributed by atoms with Crippen molar-refractivity contribution in [2.24, 2.45) is 0 Å². The number of rotatable bonds is 5. The summed E-state index contributed by atoms with van der Waals surface area (Å²) in [6.45, 7) is 0.479. The molecular weight excluding hydrogens is 340 g/mol. The quantitative estimate of drug-likeness (QED) is 0.585. The Morgan fingerprint density at radius 1 is 1.23 bits per heavy atom. The summed E-state index contributed by atoms with van der Waals surface area (Å²) in [5, 5.41) is 25.0. The van der Waals surface area contributed by atoms with Gasteiger partial charge in [-0.1, -0.05) is 30.3 Å². The number of hydrogen-bond donors (Lipinski definition) is 3. The van der Waals surface area contributed by atoms with E-state index in [4.69, 9.17) is 9.47 Å². The molecule has 0 aliphatic carbocycles. The van der Waals surface area contributed by atoms with Crippen molar-refractivity contribution in [3.05, 3.63) is 58.8 Å². The molecule has 0 unspecified atom stereocenters. The molecule has 136 valence electrons. The lowest BCUT2D eigenvalue weighted by molar-refractivity contribution is -0.0723. The Bertz CT molecular complexity index is 941. The third kappa shape index (κ3) is 3.01. The number of aliphatic hydroxyl groups excluding tert-OH is 2.